The highest BCUT2D eigenvalue weighted by atomic mass is 35.5. The SMILES string of the molecule is CC(F)(F)COc1cc[c]cc1Cl. The largest absolute Gasteiger partial charge is 0.486 e. The lowest BCUT2D eigenvalue weighted by Crippen LogP contribution is -2.20. The van der Waals surface area contributed by atoms with E-state index in [0.717, 1.165) is 6.92 Å². The van der Waals surface area contributed by atoms with E-state index in [4.69, 9.17) is 16.3 Å². The molecule has 1 radical (unpaired) electrons. The molecular formula is C9H8ClF2O. The minimum atomic E-state index is -2.84. The topological polar surface area (TPSA) is 9.23 Å². The molecule has 13 heavy (non-hydrogen) atoms. The molecular weight excluding hydrogens is 198 g/mol. The van der Waals surface area contributed by atoms with E-state index in [1.165, 1.54) is 12.1 Å². The van der Waals surface area contributed by atoms with Gasteiger partial charge in [-0.05, 0) is 18.2 Å². The molecule has 0 N–H and O–H groups in total. The summed E-state index contributed by atoms with van der Waals surface area (Å²) in [6.07, 6.45) is 0. The number of hydrogen-bond acceptors (Lipinski definition) is 1. The van der Waals surface area contributed by atoms with Crippen LogP contribution in [0.3, 0.4) is 0 Å². The first-order valence-electron chi connectivity index (χ1n) is 3.65. The molecule has 0 aliphatic rings. The fourth-order valence-electron chi connectivity index (χ4n) is 0.717. The van der Waals surface area contributed by atoms with Crippen LogP contribution in [0.2, 0.25) is 5.02 Å². The van der Waals surface area contributed by atoms with Gasteiger partial charge in [-0.3, -0.25) is 0 Å². The van der Waals surface area contributed by atoms with Gasteiger partial charge in [-0.25, -0.2) is 8.78 Å². The Balaban J connectivity index is 2.60. The van der Waals surface area contributed by atoms with E-state index in [9.17, 15) is 8.78 Å². The van der Waals surface area contributed by atoms with E-state index >= 15 is 0 Å². The molecule has 0 bridgehead atoms. The second-order valence-electron chi connectivity index (χ2n) is 2.72. The Labute approximate surface area is 80.3 Å². The van der Waals surface area contributed by atoms with Gasteiger partial charge < -0.3 is 4.74 Å². The smallest absolute Gasteiger partial charge is 0.278 e. The third kappa shape index (κ3) is 3.59. The summed E-state index contributed by atoms with van der Waals surface area (Å²) in [5.74, 6) is -2.59. The van der Waals surface area contributed by atoms with E-state index in [1.807, 2.05) is 0 Å². The maximum atomic E-state index is 12.4. The van der Waals surface area contributed by atoms with Crippen LogP contribution in [0, 0.1) is 6.07 Å². The molecule has 1 rings (SSSR count). The number of benzene rings is 1. The molecule has 71 valence electrons. The summed E-state index contributed by atoms with van der Waals surface area (Å²) in [4.78, 5) is 0. The fraction of sp³-hybridized carbons (Fsp3) is 0.333. The number of rotatable bonds is 3. The third-order valence-electron chi connectivity index (χ3n) is 1.26. The summed E-state index contributed by atoms with van der Waals surface area (Å²) >= 11 is 5.65. The first-order valence-corrected chi connectivity index (χ1v) is 4.03. The summed E-state index contributed by atoms with van der Waals surface area (Å²) in [6, 6.07) is 7.21. The van der Waals surface area contributed by atoms with E-state index in [1.54, 1.807) is 6.07 Å². The maximum Gasteiger partial charge on any atom is 0.278 e. The molecule has 0 spiro atoms. The lowest BCUT2D eigenvalue weighted by Gasteiger charge is -2.12. The van der Waals surface area contributed by atoms with Gasteiger partial charge in [0.15, 0.2) is 6.61 Å². The van der Waals surface area contributed by atoms with Gasteiger partial charge in [-0.2, -0.15) is 0 Å². The zero-order valence-corrected chi connectivity index (χ0v) is 7.74. The van der Waals surface area contributed by atoms with Gasteiger partial charge in [0.1, 0.15) is 5.75 Å². The van der Waals surface area contributed by atoms with Gasteiger partial charge in [-0.1, -0.05) is 17.7 Å². The first kappa shape index (κ1) is 10.3. The van der Waals surface area contributed by atoms with Crippen LogP contribution in [0.1, 0.15) is 6.92 Å². The third-order valence-corrected chi connectivity index (χ3v) is 1.55. The van der Waals surface area contributed by atoms with Crippen molar-refractivity contribution in [3.8, 4) is 5.75 Å². The molecule has 0 fully saturated rings. The predicted molar refractivity (Wildman–Crippen MR) is 46.4 cm³/mol. The number of hydrogen-bond donors (Lipinski definition) is 0. The van der Waals surface area contributed by atoms with Crippen molar-refractivity contribution in [3.05, 3.63) is 29.3 Å². The standard InChI is InChI=1S/C9H8ClF2O/c1-9(11,12)6-13-8-5-3-2-4-7(8)10/h3-5H,6H2,1H3. The molecule has 0 amide bonds. The molecule has 1 aromatic rings. The summed E-state index contributed by atoms with van der Waals surface area (Å²) in [7, 11) is 0. The summed E-state index contributed by atoms with van der Waals surface area (Å²) in [5, 5.41) is 0.284. The lowest BCUT2D eigenvalue weighted by molar-refractivity contribution is -0.0229. The summed E-state index contributed by atoms with van der Waals surface area (Å²) in [6.45, 7) is 0.118. The second-order valence-corrected chi connectivity index (χ2v) is 3.12. The van der Waals surface area contributed by atoms with Crippen molar-refractivity contribution in [1.29, 1.82) is 0 Å². The molecule has 0 saturated carbocycles. The molecule has 0 aliphatic carbocycles. The predicted octanol–water partition coefficient (Wildman–Crippen LogP) is 3.17. The van der Waals surface area contributed by atoms with E-state index < -0.39 is 12.5 Å². The molecule has 4 heteroatoms. The summed E-state index contributed by atoms with van der Waals surface area (Å²) < 4.78 is 29.5. The molecule has 0 unspecified atom stereocenters. The van der Waals surface area contributed by atoms with Crippen LogP contribution >= 0.6 is 11.6 Å². The van der Waals surface area contributed by atoms with Crippen LogP contribution in [0.5, 0.6) is 5.75 Å². The molecule has 1 aromatic carbocycles. The molecule has 0 heterocycles. The number of ether oxygens (including phenoxy) is 1. The monoisotopic (exact) mass is 205 g/mol. The highest BCUT2D eigenvalue weighted by Gasteiger charge is 2.22. The Morgan fingerprint density at radius 3 is 2.85 bits per heavy atom. The van der Waals surface area contributed by atoms with Gasteiger partial charge in [0.05, 0.1) is 5.02 Å². The molecule has 0 atom stereocenters. The number of alkyl halides is 2. The Morgan fingerprint density at radius 1 is 1.62 bits per heavy atom. The average Bonchev–Trinajstić information content (AvgIpc) is 2.01. The Hall–Kier alpha value is -0.830. The van der Waals surface area contributed by atoms with Crippen molar-refractivity contribution in [3.63, 3.8) is 0 Å². The maximum absolute atomic E-state index is 12.4. The Morgan fingerprint density at radius 2 is 2.31 bits per heavy atom. The van der Waals surface area contributed by atoms with E-state index in [2.05, 4.69) is 6.07 Å². The quantitative estimate of drug-likeness (QED) is 0.737. The zero-order chi connectivity index (χ0) is 9.90. The van der Waals surface area contributed by atoms with Crippen LogP contribution in [-0.2, 0) is 0 Å². The molecule has 0 saturated heterocycles. The van der Waals surface area contributed by atoms with Crippen molar-refractivity contribution in [1.82, 2.24) is 0 Å². The van der Waals surface area contributed by atoms with Gasteiger partial charge in [0.2, 0.25) is 0 Å². The summed E-state index contributed by atoms with van der Waals surface area (Å²) in [5.41, 5.74) is 0. The normalized spacial score (nSPS) is 11.4. The van der Waals surface area contributed by atoms with Gasteiger partial charge in [0, 0.05) is 6.92 Å². The fourth-order valence-corrected chi connectivity index (χ4v) is 0.898. The highest BCUT2D eigenvalue weighted by Crippen LogP contribution is 2.24. The lowest BCUT2D eigenvalue weighted by atomic mass is 10.3. The van der Waals surface area contributed by atoms with Crippen molar-refractivity contribution in [2.24, 2.45) is 0 Å². The highest BCUT2D eigenvalue weighted by molar-refractivity contribution is 6.32. The van der Waals surface area contributed by atoms with E-state index in [0.29, 0.717) is 0 Å². The second kappa shape index (κ2) is 3.92. The van der Waals surface area contributed by atoms with Crippen molar-refractivity contribution < 1.29 is 13.5 Å². The van der Waals surface area contributed by atoms with Crippen LogP contribution < -0.4 is 4.74 Å². The van der Waals surface area contributed by atoms with Crippen LogP contribution in [0.25, 0.3) is 0 Å². The van der Waals surface area contributed by atoms with Gasteiger partial charge >= 0.3 is 0 Å². The van der Waals surface area contributed by atoms with Gasteiger partial charge in [0.25, 0.3) is 5.92 Å². The Bertz CT molecular complexity index is 283. The van der Waals surface area contributed by atoms with Crippen molar-refractivity contribution in [2.75, 3.05) is 6.61 Å². The van der Waals surface area contributed by atoms with Crippen molar-refractivity contribution >= 4 is 11.6 Å². The first-order chi connectivity index (χ1) is 5.99. The van der Waals surface area contributed by atoms with Crippen LogP contribution in [-0.4, -0.2) is 12.5 Å². The van der Waals surface area contributed by atoms with Crippen LogP contribution in [0.15, 0.2) is 18.2 Å². The zero-order valence-electron chi connectivity index (χ0n) is 6.98. The molecule has 0 aromatic heterocycles. The van der Waals surface area contributed by atoms with E-state index in [-0.39, 0.29) is 10.8 Å². The van der Waals surface area contributed by atoms with Crippen LogP contribution in [0.4, 0.5) is 8.78 Å². The minimum Gasteiger partial charge on any atom is -0.486 e. The Kier molecular flexibility index (Phi) is 3.09. The molecule has 0 aliphatic heterocycles. The minimum absolute atomic E-state index is 0.252. The number of halogens is 3. The average molecular weight is 206 g/mol. The van der Waals surface area contributed by atoms with Crippen molar-refractivity contribution in [2.45, 2.75) is 12.8 Å². The molecule has 1 nitrogen and oxygen atoms in total. The van der Waals surface area contributed by atoms with Gasteiger partial charge in [-0.15, -0.1) is 0 Å².